The van der Waals surface area contributed by atoms with E-state index in [1.54, 1.807) is 11.5 Å². The van der Waals surface area contributed by atoms with Crippen molar-refractivity contribution in [3.05, 3.63) is 43.8 Å². The third-order valence-corrected chi connectivity index (χ3v) is 8.07. The maximum Gasteiger partial charge on any atom is 0.352 e. The number of nitrogens with one attached hydrogen (secondary N) is 1. The number of hydrogen-bond donors (Lipinski definition) is 5. The fourth-order valence-electron chi connectivity index (χ4n) is 3.43. The Labute approximate surface area is 219 Å². The van der Waals surface area contributed by atoms with Crippen LogP contribution in [-0.4, -0.2) is 59.9 Å². The molecule has 188 valence electrons. The number of nitrogens with two attached hydrogens (primary N) is 3. The molecule has 36 heavy (non-hydrogen) atoms. The molecule has 14 nitrogen and oxygen atoms in total. The first-order valence-corrected chi connectivity index (χ1v) is 12.9. The van der Waals surface area contributed by atoms with Crippen LogP contribution in [0.3, 0.4) is 0 Å². The topological polar surface area (TPSA) is 233 Å². The predicted octanol–water partition coefficient (Wildman–Crippen LogP) is 1.19. The summed E-state index contributed by atoms with van der Waals surface area (Å²) in [4.78, 5) is 61.6. The Hall–Kier alpha value is -3.41. The Balaban J connectivity index is 1.49. The second kappa shape index (κ2) is 10.3. The molecular formula is C18H16ClN9O5S3. The Morgan fingerprint density at radius 1 is 1.33 bits per heavy atom. The van der Waals surface area contributed by atoms with E-state index in [-0.39, 0.29) is 38.4 Å². The molecule has 1 unspecified atom stereocenters. The fraction of sp³-hybridized carbons (Fsp3) is 0.222. The normalized spacial score (nSPS) is 20.1. The number of carbonyl (C=O) groups excluding carboxylic acids is 2. The molecule has 0 aromatic carbocycles. The van der Waals surface area contributed by atoms with Crippen LogP contribution in [0, 0.1) is 4.91 Å². The number of halogens is 1. The number of thiazole rings is 1. The van der Waals surface area contributed by atoms with E-state index in [1.807, 2.05) is 0 Å². The van der Waals surface area contributed by atoms with Crippen molar-refractivity contribution in [2.24, 2.45) is 5.18 Å². The van der Waals surface area contributed by atoms with Gasteiger partial charge in [-0.05, 0) is 22.2 Å². The van der Waals surface area contributed by atoms with E-state index in [2.05, 4.69) is 25.4 Å². The first-order valence-electron chi connectivity index (χ1n) is 9.79. The molecule has 4 rings (SSSR count). The summed E-state index contributed by atoms with van der Waals surface area (Å²) in [6.07, 6.45) is 1.55. The molecule has 0 aliphatic carbocycles. The largest absolute Gasteiger partial charge is 0.477 e. The van der Waals surface area contributed by atoms with Crippen LogP contribution >= 0.6 is 46.5 Å². The van der Waals surface area contributed by atoms with Crippen LogP contribution in [0.4, 0.5) is 16.9 Å². The zero-order chi connectivity index (χ0) is 26.1. The number of thioether (sulfide) groups is 2. The molecule has 2 aromatic heterocycles. The number of allylic oxidation sites excluding steroid dienone is 1. The standard InChI is InChI=1S/C18H16ClN9O5S3/c19-12-8(26-18(22)36-12)9(27-33)13(29)25-10-14(30)28-11(16(31)32)5(4-35-15(10)28)1-2-34-7-3-6(20)23-17(21)24-7/h1-3,9-10,15H,4H2,(H2,22,26)(H,25,29)(H,31,32)(H4,20,21,23,24)/t9?,10-,15-/m1/s1. The number of aromatic nitrogens is 3. The minimum Gasteiger partial charge on any atom is -0.477 e. The van der Waals surface area contributed by atoms with Gasteiger partial charge in [0.2, 0.25) is 12.0 Å². The highest BCUT2D eigenvalue weighted by Gasteiger charge is 2.54. The number of nitroso groups, excluding NO2 is 1. The van der Waals surface area contributed by atoms with Gasteiger partial charge in [0.25, 0.3) is 11.8 Å². The number of β-lactam (4-membered cyclic amide) rings is 1. The highest BCUT2D eigenvalue weighted by Crippen LogP contribution is 2.41. The second-order valence-electron chi connectivity index (χ2n) is 7.20. The summed E-state index contributed by atoms with van der Waals surface area (Å²) in [7, 11) is 0. The number of carboxylic acids is 1. The Kier molecular flexibility index (Phi) is 7.34. The predicted molar refractivity (Wildman–Crippen MR) is 136 cm³/mol. The van der Waals surface area contributed by atoms with Gasteiger partial charge in [-0.1, -0.05) is 34.7 Å². The number of nitrogen functional groups attached to an aromatic ring is 3. The third-order valence-electron chi connectivity index (χ3n) is 4.93. The quantitative estimate of drug-likeness (QED) is 0.130. The number of carbonyl (C=O) groups is 3. The van der Waals surface area contributed by atoms with E-state index in [1.165, 1.54) is 17.8 Å². The molecule has 1 saturated heterocycles. The number of rotatable bonds is 8. The number of fused-ring (bicyclic) bond motifs is 1. The maximum atomic E-state index is 12.8. The van der Waals surface area contributed by atoms with Crippen molar-refractivity contribution in [1.82, 2.24) is 25.2 Å². The van der Waals surface area contributed by atoms with E-state index in [4.69, 9.17) is 28.8 Å². The number of amides is 2. The second-order valence-corrected chi connectivity index (χ2v) is 10.9. The summed E-state index contributed by atoms with van der Waals surface area (Å²) in [6.45, 7) is 0. The molecule has 0 saturated carbocycles. The van der Waals surface area contributed by atoms with Gasteiger partial charge in [0, 0.05) is 11.8 Å². The van der Waals surface area contributed by atoms with Crippen LogP contribution in [0.1, 0.15) is 11.7 Å². The first kappa shape index (κ1) is 25.7. The van der Waals surface area contributed by atoms with Crippen LogP contribution in [0.25, 0.3) is 0 Å². The summed E-state index contributed by atoms with van der Waals surface area (Å²) in [6, 6.07) is -1.18. The summed E-state index contributed by atoms with van der Waals surface area (Å²) >= 11 is 9.23. The molecule has 4 heterocycles. The van der Waals surface area contributed by atoms with Crippen LogP contribution < -0.4 is 22.5 Å². The molecule has 2 aliphatic rings. The molecule has 3 atom stereocenters. The van der Waals surface area contributed by atoms with Gasteiger partial charge in [-0.15, -0.1) is 16.7 Å². The minimum absolute atomic E-state index is 0.000735. The molecule has 0 bridgehead atoms. The number of aliphatic carboxylic acids is 1. The molecule has 0 radical (unpaired) electrons. The average molecular weight is 570 g/mol. The number of anilines is 3. The van der Waals surface area contributed by atoms with Gasteiger partial charge in [0.1, 0.15) is 38.0 Å². The van der Waals surface area contributed by atoms with Crippen molar-refractivity contribution in [2.45, 2.75) is 22.5 Å². The summed E-state index contributed by atoms with van der Waals surface area (Å²) < 4.78 is 0.0265. The van der Waals surface area contributed by atoms with E-state index in [0.29, 0.717) is 10.6 Å². The molecule has 0 spiro atoms. The molecule has 8 N–H and O–H groups in total. The van der Waals surface area contributed by atoms with Gasteiger partial charge in [-0.2, -0.15) is 4.98 Å². The van der Waals surface area contributed by atoms with Crippen molar-refractivity contribution in [1.29, 1.82) is 0 Å². The number of nitrogens with zero attached hydrogens (tertiary/aromatic N) is 5. The maximum absolute atomic E-state index is 12.8. The molecule has 2 aliphatic heterocycles. The third kappa shape index (κ3) is 4.95. The Bertz CT molecular complexity index is 1310. The van der Waals surface area contributed by atoms with Crippen LogP contribution in [0.15, 0.2) is 39.0 Å². The summed E-state index contributed by atoms with van der Waals surface area (Å²) in [5.41, 5.74) is 16.8. The van der Waals surface area contributed by atoms with Crippen LogP contribution in [0.5, 0.6) is 0 Å². The number of carboxylic acid groups (broad SMARTS) is 1. The van der Waals surface area contributed by atoms with E-state index >= 15 is 0 Å². The van der Waals surface area contributed by atoms with Gasteiger partial charge in [0.05, 0.1) is 0 Å². The van der Waals surface area contributed by atoms with E-state index in [9.17, 15) is 24.4 Å². The van der Waals surface area contributed by atoms with Gasteiger partial charge in [0.15, 0.2) is 5.13 Å². The lowest BCUT2D eigenvalue weighted by Gasteiger charge is -2.49. The summed E-state index contributed by atoms with van der Waals surface area (Å²) in [5, 5.41) is 16.4. The fourth-order valence-corrected chi connectivity index (χ4v) is 6.43. The van der Waals surface area contributed by atoms with Crippen molar-refractivity contribution >= 4 is 81.1 Å². The van der Waals surface area contributed by atoms with Gasteiger partial charge in [-0.3, -0.25) is 14.5 Å². The van der Waals surface area contributed by atoms with Gasteiger partial charge in [-0.25, -0.2) is 14.8 Å². The smallest absolute Gasteiger partial charge is 0.352 e. The molecular weight excluding hydrogens is 554 g/mol. The molecule has 1 fully saturated rings. The SMILES string of the molecule is Nc1cc(SC=CC2=C(C(=O)O)N3C(=O)[C@@H](NC(=O)C(N=O)c4nc(N)sc4Cl)[C@H]3SC2)nc(N)n1. The van der Waals surface area contributed by atoms with Crippen molar-refractivity contribution in [2.75, 3.05) is 23.0 Å². The number of hydrogen-bond acceptors (Lipinski definition) is 14. The van der Waals surface area contributed by atoms with E-state index in [0.717, 1.165) is 28.0 Å². The van der Waals surface area contributed by atoms with Crippen LogP contribution in [-0.2, 0) is 14.4 Å². The van der Waals surface area contributed by atoms with Gasteiger partial charge >= 0.3 is 5.97 Å². The molecule has 18 heteroatoms. The zero-order valence-electron chi connectivity index (χ0n) is 17.8. The highest BCUT2D eigenvalue weighted by molar-refractivity contribution is 8.02. The van der Waals surface area contributed by atoms with Crippen molar-refractivity contribution in [3.8, 4) is 0 Å². The Morgan fingerprint density at radius 3 is 2.69 bits per heavy atom. The van der Waals surface area contributed by atoms with E-state index < -0.39 is 35.2 Å². The highest BCUT2D eigenvalue weighted by atomic mass is 35.5. The van der Waals surface area contributed by atoms with Crippen LogP contribution in [0.2, 0.25) is 4.34 Å². The molecule has 2 aromatic rings. The summed E-state index contributed by atoms with van der Waals surface area (Å²) in [5.74, 6) is -2.44. The first-order chi connectivity index (χ1) is 17.1. The lowest BCUT2D eigenvalue weighted by Crippen LogP contribution is -2.70. The average Bonchev–Trinajstić information content (AvgIpc) is 3.14. The lowest BCUT2D eigenvalue weighted by atomic mass is 10.0. The molecule has 2 amide bonds. The minimum atomic E-state index is -1.61. The van der Waals surface area contributed by atoms with Crippen molar-refractivity contribution < 1.29 is 19.5 Å². The zero-order valence-corrected chi connectivity index (χ0v) is 21.0. The lowest BCUT2D eigenvalue weighted by molar-refractivity contribution is -0.150. The van der Waals surface area contributed by atoms with Crippen molar-refractivity contribution in [3.63, 3.8) is 0 Å². The Morgan fingerprint density at radius 2 is 2.08 bits per heavy atom. The monoisotopic (exact) mass is 569 g/mol. The van der Waals surface area contributed by atoms with Gasteiger partial charge < -0.3 is 27.6 Å².